The largest absolute Gasteiger partial charge is 0.494 e. The number of primary amides is 1. The van der Waals surface area contributed by atoms with Crippen LogP contribution in [0.3, 0.4) is 0 Å². The number of sulfonamides is 1. The molecule has 0 aromatic heterocycles. The van der Waals surface area contributed by atoms with E-state index in [1.807, 2.05) is 6.92 Å². The fourth-order valence-corrected chi connectivity index (χ4v) is 3.83. The zero-order chi connectivity index (χ0) is 22.4. The summed E-state index contributed by atoms with van der Waals surface area (Å²) in [6.45, 7) is 2.37. The molecule has 3 rings (SSSR count). The molecule has 0 spiro atoms. The van der Waals surface area contributed by atoms with Crippen molar-refractivity contribution in [2.24, 2.45) is 5.73 Å². The van der Waals surface area contributed by atoms with E-state index in [4.69, 9.17) is 10.5 Å². The molecule has 0 bridgehead atoms. The maximum atomic E-state index is 12.7. The van der Waals surface area contributed by atoms with Crippen LogP contribution in [0, 0.1) is 0 Å². The van der Waals surface area contributed by atoms with E-state index in [-0.39, 0.29) is 10.5 Å². The molecule has 2 amide bonds. The Hall–Kier alpha value is -3.85. The third kappa shape index (κ3) is 5.61. The average Bonchev–Trinajstić information content (AvgIpc) is 2.75. The van der Waals surface area contributed by atoms with Gasteiger partial charge in [-0.15, -0.1) is 0 Å². The van der Waals surface area contributed by atoms with Gasteiger partial charge in [-0.2, -0.15) is 0 Å². The zero-order valence-electron chi connectivity index (χ0n) is 16.7. The molecule has 0 atom stereocenters. The lowest BCUT2D eigenvalue weighted by molar-refractivity contribution is 0.0998. The van der Waals surface area contributed by atoms with Crippen molar-refractivity contribution < 1.29 is 22.7 Å². The van der Waals surface area contributed by atoms with Gasteiger partial charge >= 0.3 is 0 Å². The van der Waals surface area contributed by atoms with E-state index in [0.29, 0.717) is 29.3 Å². The monoisotopic (exact) mass is 439 g/mol. The van der Waals surface area contributed by atoms with Gasteiger partial charge in [0.2, 0.25) is 5.91 Å². The van der Waals surface area contributed by atoms with E-state index >= 15 is 0 Å². The van der Waals surface area contributed by atoms with Crippen LogP contribution in [-0.4, -0.2) is 26.8 Å². The van der Waals surface area contributed by atoms with E-state index < -0.39 is 21.8 Å². The van der Waals surface area contributed by atoms with Crippen molar-refractivity contribution in [2.45, 2.75) is 11.8 Å². The van der Waals surface area contributed by atoms with Crippen LogP contribution < -0.4 is 20.5 Å². The molecule has 8 nitrogen and oxygen atoms in total. The van der Waals surface area contributed by atoms with Gasteiger partial charge in [0.1, 0.15) is 5.75 Å². The number of benzene rings is 3. The minimum Gasteiger partial charge on any atom is -0.494 e. The quantitative estimate of drug-likeness (QED) is 0.496. The number of nitrogens with two attached hydrogens (primary N) is 1. The van der Waals surface area contributed by atoms with Gasteiger partial charge < -0.3 is 15.8 Å². The number of anilines is 2. The van der Waals surface area contributed by atoms with Gasteiger partial charge in [0.15, 0.2) is 0 Å². The number of carbonyl (C=O) groups excluding carboxylic acids is 2. The maximum Gasteiger partial charge on any atom is 0.261 e. The number of nitrogens with one attached hydrogen (secondary N) is 2. The van der Waals surface area contributed by atoms with Crippen LogP contribution in [0.15, 0.2) is 77.7 Å². The fourth-order valence-electron chi connectivity index (χ4n) is 2.73. The highest BCUT2D eigenvalue weighted by atomic mass is 32.2. The van der Waals surface area contributed by atoms with Crippen LogP contribution in [0.25, 0.3) is 0 Å². The summed E-state index contributed by atoms with van der Waals surface area (Å²) in [4.78, 5) is 23.6. The Morgan fingerprint density at radius 2 is 1.55 bits per heavy atom. The molecule has 160 valence electrons. The minimum atomic E-state index is -3.90. The number of hydrogen-bond acceptors (Lipinski definition) is 5. The molecule has 0 unspecified atom stereocenters. The zero-order valence-corrected chi connectivity index (χ0v) is 17.5. The summed E-state index contributed by atoms with van der Waals surface area (Å²) >= 11 is 0. The van der Waals surface area contributed by atoms with Crippen molar-refractivity contribution in [3.63, 3.8) is 0 Å². The van der Waals surface area contributed by atoms with Crippen LogP contribution in [0.4, 0.5) is 11.4 Å². The van der Waals surface area contributed by atoms with Crippen LogP contribution in [-0.2, 0) is 10.0 Å². The molecule has 0 radical (unpaired) electrons. The molecule has 0 fully saturated rings. The van der Waals surface area contributed by atoms with Gasteiger partial charge in [0.25, 0.3) is 15.9 Å². The number of carbonyl (C=O) groups is 2. The molecule has 0 aliphatic carbocycles. The first-order valence-electron chi connectivity index (χ1n) is 9.35. The summed E-state index contributed by atoms with van der Waals surface area (Å²) in [5, 5.41) is 2.65. The number of hydrogen-bond donors (Lipinski definition) is 3. The fraction of sp³-hybridized carbons (Fsp3) is 0.0909. The van der Waals surface area contributed by atoms with Crippen molar-refractivity contribution in [1.29, 1.82) is 0 Å². The molecule has 3 aromatic carbocycles. The number of ether oxygens (including phenoxy) is 1. The predicted molar refractivity (Wildman–Crippen MR) is 118 cm³/mol. The van der Waals surface area contributed by atoms with Crippen molar-refractivity contribution in [3.8, 4) is 5.75 Å². The first-order valence-corrected chi connectivity index (χ1v) is 10.8. The predicted octanol–water partition coefficient (Wildman–Crippen LogP) is 3.24. The Morgan fingerprint density at radius 3 is 2.16 bits per heavy atom. The molecule has 4 N–H and O–H groups in total. The summed E-state index contributed by atoms with van der Waals surface area (Å²) in [6, 6.07) is 18.2. The highest BCUT2D eigenvalue weighted by Gasteiger charge is 2.17. The molecular formula is C22H21N3O5S. The van der Waals surface area contributed by atoms with Gasteiger partial charge in [-0.25, -0.2) is 8.42 Å². The van der Waals surface area contributed by atoms with E-state index in [2.05, 4.69) is 10.0 Å². The maximum absolute atomic E-state index is 12.7. The Balaban J connectivity index is 1.74. The van der Waals surface area contributed by atoms with E-state index in [0.717, 1.165) is 0 Å². The third-order valence-electron chi connectivity index (χ3n) is 4.25. The first-order chi connectivity index (χ1) is 14.8. The smallest absolute Gasteiger partial charge is 0.261 e. The van der Waals surface area contributed by atoms with Crippen LogP contribution in [0.5, 0.6) is 5.75 Å². The lowest BCUT2D eigenvalue weighted by Gasteiger charge is -2.11. The molecule has 31 heavy (non-hydrogen) atoms. The summed E-state index contributed by atoms with van der Waals surface area (Å²) in [7, 11) is -3.90. The summed E-state index contributed by atoms with van der Waals surface area (Å²) < 4.78 is 33.3. The van der Waals surface area contributed by atoms with Crippen LogP contribution in [0.2, 0.25) is 0 Å². The van der Waals surface area contributed by atoms with E-state index in [1.165, 1.54) is 48.5 Å². The second-order valence-electron chi connectivity index (χ2n) is 6.49. The van der Waals surface area contributed by atoms with Gasteiger partial charge in [-0.3, -0.25) is 14.3 Å². The Labute approximate surface area is 180 Å². The second kappa shape index (κ2) is 9.31. The van der Waals surface area contributed by atoms with Crippen molar-refractivity contribution in [3.05, 3.63) is 83.9 Å². The van der Waals surface area contributed by atoms with Gasteiger partial charge in [0, 0.05) is 22.5 Å². The Bertz CT molecular complexity index is 1190. The average molecular weight is 439 g/mol. The highest BCUT2D eigenvalue weighted by Crippen LogP contribution is 2.21. The number of rotatable bonds is 8. The standard InChI is InChI=1S/C22H21N3O5S/c1-2-30-19-12-10-18(11-13-19)25-31(28,29)20-5-3-4-16(14-20)22(27)24-17-8-6-15(7-9-17)21(23)26/h3-14,25H,2H2,1H3,(H2,23,26)(H,24,27). The SMILES string of the molecule is CCOc1ccc(NS(=O)(=O)c2cccc(C(=O)Nc3ccc(C(N)=O)cc3)c2)cc1. The molecule has 9 heteroatoms. The lowest BCUT2D eigenvalue weighted by atomic mass is 10.2. The molecule has 0 saturated heterocycles. The van der Waals surface area contributed by atoms with Gasteiger partial charge in [-0.1, -0.05) is 6.07 Å². The molecule has 0 saturated carbocycles. The second-order valence-corrected chi connectivity index (χ2v) is 8.17. The normalized spacial score (nSPS) is 10.9. The van der Waals surface area contributed by atoms with Gasteiger partial charge in [-0.05, 0) is 73.7 Å². The van der Waals surface area contributed by atoms with E-state index in [9.17, 15) is 18.0 Å². The molecule has 3 aromatic rings. The van der Waals surface area contributed by atoms with Crippen molar-refractivity contribution in [2.75, 3.05) is 16.6 Å². The highest BCUT2D eigenvalue weighted by molar-refractivity contribution is 7.92. The van der Waals surface area contributed by atoms with Crippen molar-refractivity contribution in [1.82, 2.24) is 0 Å². The lowest BCUT2D eigenvalue weighted by Crippen LogP contribution is -2.16. The van der Waals surface area contributed by atoms with Gasteiger partial charge in [0.05, 0.1) is 11.5 Å². The first kappa shape index (κ1) is 21.8. The minimum absolute atomic E-state index is 0.0573. The van der Waals surface area contributed by atoms with Crippen molar-refractivity contribution >= 4 is 33.2 Å². The summed E-state index contributed by atoms with van der Waals surface area (Å²) in [5.41, 5.74) is 6.48. The molecular weight excluding hydrogens is 418 g/mol. The number of amides is 2. The molecule has 0 aliphatic rings. The van der Waals surface area contributed by atoms with Crippen LogP contribution in [0.1, 0.15) is 27.6 Å². The third-order valence-corrected chi connectivity index (χ3v) is 5.63. The Morgan fingerprint density at radius 1 is 0.903 bits per heavy atom. The topological polar surface area (TPSA) is 128 Å². The molecule has 0 aliphatic heterocycles. The Kier molecular flexibility index (Phi) is 6.56. The summed E-state index contributed by atoms with van der Waals surface area (Å²) in [6.07, 6.45) is 0. The van der Waals surface area contributed by atoms with Crippen LogP contribution >= 0.6 is 0 Å². The van der Waals surface area contributed by atoms with E-state index in [1.54, 1.807) is 24.3 Å². The molecule has 0 heterocycles. The summed E-state index contributed by atoms with van der Waals surface area (Å²) in [5.74, 6) is -0.436.